The number of ether oxygens (including phenoxy) is 3. The average Bonchev–Trinajstić information content (AvgIpc) is 2.82. The molecule has 0 spiro atoms. The zero-order chi connectivity index (χ0) is 26.0. The molecule has 192 valence electrons. The molecule has 0 unspecified atom stereocenters. The summed E-state index contributed by atoms with van der Waals surface area (Å²) in [4.78, 5) is 26.3. The Morgan fingerprint density at radius 1 is 1.11 bits per heavy atom. The Kier molecular flexibility index (Phi) is 7.83. The summed E-state index contributed by atoms with van der Waals surface area (Å²) < 4.78 is 82.5. The van der Waals surface area contributed by atoms with Crippen molar-refractivity contribution in [3.05, 3.63) is 41.0 Å². The van der Waals surface area contributed by atoms with Gasteiger partial charge < -0.3 is 14.2 Å². The van der Waals surface area contributed by atoms with Crippen LogP contribution in [0.5, 0.6) is 5.75 Å². The molecule has 0 saturated carbocycles. The lowest BCUT2D eigenvalue weighted by atomic mass is 9.81. The Hall–Kier alpha value is -3.02. The van der Waals surface area contributed by atoms with Gasteiger partial charge in [-0.05, 0) is 62.8 Å². The van der Waals surface area contributed by atoms with Crippen LogP contribution in [0.2, 0.25) is 0 Å². The van der Waals surface area contributed by atoms with E-state index in [2.05, 4.69) is 0 Å². The van der Waals surface area contributed by atoms with E-state index in [-0.39, 0.29) is 34.4 Å². The quantitative estimate of drug-likeness (QED) is 0.502. The minimum atomic E-state index is -6.17. The fourth-order valence-electron chi connectivity index (χ4n) is 4.22. The molecule has 1 aromatic carbocycles. The Labute approximate surface area is 201 Å². The van der Waals surface area contributed by atoms with Gasteiger partial charge in [-0.25, -0.2) is 13.9 Å². The third kappa shape index (κ3) is 4.89. The van der Waals surface area contributed by atoms with E-state index in [0.29, 0.717) is 18.4 Å². The maximum atomic E-state index is 13.9. The van der Waals surface area contributed by atoms with Crippen LogP contribution in [0.25, 0.3) is 5.57 Å². The van der Waals surface area contributed by atoms with E-state index in [4.69, 9.17) is 14.2 Å². The number of hydrogen-bond donors (Lipinski definition) is 0. The second kappa shape index (κ2) is 10.3. The van der Waals surface area contributed by atoms with Gasteiger partial charge in [0.2, 0.25) is 0 Å². The van der Waals surface area contributed by atoms with Gasteiger partial charge in [0.25, 0.3) is 0 Å². The maximum absolute atomic E-state index is 13.9. The summed E-state index contributed by atoms with van der Waals surface area (Å²) in [6.45, 7) is 2.50. The van der Waals surface area contributed by atoms with Crippen LogP contribution in [-0.2, 0) is 29.1 Å². The van der Waals surface area contributed by atoms with Crippen LogP contribution in [0.1, 0.15) is 45.1 Å². The van der Waals surface area contributed by atoms with Crippen molar-refractivity contribution in [3.8, 4) is 5.75 Å². The fourth-order valence-corrected chi connectivity index (χ4v) is 5.32. The van der Waals surface area contributed by atoms with Crippen molar-refractivity contribution in [2.45, 2.75) is 51.1 Å². The first-order valence-electron chi connectivity index (χ1n) is 11.1. The summed E-state index contributed by atoms with van der Waals surface area (Å²) in [7, 11) is -4.91. The van der Waals surface area contributed by atoms with E-state index in [1.54, 1.807) is 0 Å². The van der Waals surface area contributed by atoms with E-state index >= 15 is 0 Å². The van der Waals surface area contributed by atoms with Crippen LogP contribution in [-0.4, -0.2) is 52.2 Å². The lowest BCUT2D eigenvalue weighted by Gasteiger charge is -2.39. The smallest absolute Gasteiger partial charge is 0.497 e. The summed E-state index contributed by atoms with van der Waals surface area (Å²) in [6.07, 6.45) is 4.57. The predicted octanol–water partition coefficient (Wildman–Crippen LogP) is 4.11. The van der Waals surface area contributed by atoms with Crippen LogP contribution >= 0.6 is 0 Å². The molecule has 0 fully saturated rings. The molecule has 1 aliphatic carbocycles. The number of anilines is 1. The van der Waals surface area contributed by atoms with E-state index < -0.39 is 44.8 Å². The Bertz CT molecular complexity index is 1170. The van der Waals surface area contributed by atoms with E-state index in [9.17, 15) is 31.2 Å². The molecular formula is C23H26F3NO7S. The first-order valence-corrected chi connectivity index (χ1v) is 12.5. The third-order valence-electron chi connectivity index (χ3n) is 5.66. The van der Waals surface area contributed by atoms with Crippen LogP contribution in [0.4, 0.5) is 18.9 Å². The molecule has 0 saturated heterocycles. The molecule has 0 radical (unpaired) electrons. The number of rotatable bonds is 7. The van der Waals surface area contributed by atoms with Gasteiger partial charge in [0.05, 0.1) is 31.6 Å². The van der Waals surface area contributed by atoms with Crippen LogP contribution in [0, 0.1) is 0 Å². The highest BCUT2D eigenvalue weighted by atomic mass is 32.2. The minimum absolute atomic E-state index is 0.0374. The van der Waals surface area contributed by atoms with Crippen molar-refractivity contribution in [2.75, 3.05) is 24.6 Å². The molecule has 1 aliphatic heterocycles. The number of benzene rings is 1. The summed E-state index contributed by atoms with van der Waals surface area (Å²) in [5.41, 5.74) is -5.91. The van der Waals surface area contributed by atoms with Gasteiger partial charge in [0.15, 0.2) is 6.04 Å². The first kappa shape index (κ1) is 26.6. The predicted molar refractivity (Wildman–Crippen MR) is 121 cm³/mol. The van der Waals surface area contributed by atoms with Crippen molar-refractivity contribution in [3.63, 3.8) is 0 Å². The zero-order valence-electron chi connectivity index (χ0n) is 19.5. The van der Waals surface area contributed by atoms with E-state index in [1.807, 2.05) is 6.08 Å². The van der Waals surface area contributed by atoms with Crippen molar-refractivity contribution >= 4 is 33.2 Å². The highest BCUT2D eigenvalue weighted by Gasteiger charge is 2.57. The number of methoxy groups -OCH3 is 1. The molecule has 8 nitrogen and oxygen atoms in total. The second-order valence-corrected chi connectivity index (χ2v) is 9.57. The lowest BCUT2D eigenvalue weighted by molar-refractivity contribution is -0.147. The third-order valence-corrected chi connectivity index (χ3v) is 7.17. The molecule has 0 amide bonds. The molecular weight excluding hydrogens is 491 g/mol. The molecule has 1 atom stereocenters. The SMILES string of the molecule is CCOC(=O)C1=C(C2=CCCCC2)c2ccc(OC)cc2N(S(=O)(=O)C(F)(F)F)[C@@H]1C(=O)OCC. The molecule has 0 aromatic heterocycles. The molecule has 1 aromatic rings. The molecule has 1 heterocycles. The second-order valence-electron chi connectivity index (χ2n) is 7.77. The van der Waals surface area contributed by atoms with Gasteiger partial charge in [0.1, 0.15) is 5.75 Å². The summed E-state index contributed by atoms with van der Waals surface area (Å²) >= 11 is 0. The van der Waals surface area contributed by atoms with E-state index in [1.165, 1.54) is 33.1 Å². The van der Waals surface area contributed by atoms with Crippen LogP contribution in [0.15, 0.2) is 35.4 Å². The monoisotopic (exact) mass is 517 g/mol. The van der Waals surface area contributed by atoms with Gasteiger partial charge in [-0.1, -0.05) is 6.08 Å². The largest absolute Gasteiger partial charge is 0.516 e. The molecule has 35 heavy (non-hydrogen) atoms. The van der Waals surface area contributed by atoms with Gasteiger partial charge in [-0.2, -0.15) is 21.6 Å². The number of carbonyl (C=O) groups is 2. The number of sulfonamides is 1. The standard InChI is InChI=1S/C23H26F3NO7S/c1-4-33-21(28)19-18(14-9-7-6-8-10-14)16-12-11-15(32-3)13-17(16)27(20(19)22(29)34-5-2)35(30,31)23(24,25)26/h9,11-13,20H,4-8,10H2,1-3H3/t20-/m0/s1. The summed E-state index contributed by atoms with van der Waals surface area (Å²) in [5, 5.41) is 0. The van der Waals surface area contributed by atoms with Gasteiger partial charge >= 0.3 is 27.5 Å². The molecule has 12 heteroatoms. The number of esters is 2. The minimum Gasteiger partial charge on any atom is -0.497 e. The van der Waals surface area contributed by atoms with Gasteiger partial charge in [-0.3, -0.25) is 0 Å². The Morgan fingerprint density at radius 3 is 2.34 bits per heavy atom. The zero-order valence-corrected chi connectivity index (χ0v) is 20.3. The highest BCUT2D eigenvalue weighted by Crippen LogP contribution is 2.48. The normalized spacial score (nSPS) is 18.5. The number of alkyl halides is 3. The number of carbonyl (C=O) groups excluding carboxylic acids is 2. The maximum Gasteiger partial charge on any atom is 0.516 e. The fraction of sp³-hybridized carbons (Fsp3) is 0.478. The topological polar surface area (TPSA) is 99.2 Å². The number of nitrogens with zero attached hydrogens (tertiary/aromatic N) is 1. The molecule has 2 aliphatic rings. The summed E-state index contributed by atoms with van der Waals surface area (Å²) in [6, 6.07) is 1.65. The average molecular weight is 518 g/mol. The van der Waals surface area contributed by atoms with Crippen molar-refractivity contribution in [1.29, 1.82) is 0 Å². The van der Waals surface area contributed by atoms with Crippen molar-refractivity contribution < 1.29 is 45.4 Å². The Balaban J connectivity index is 2.50. The number of fused-ring (bicyclic) bond motifs is 1. The first-order chi connectivity index (χ1) is 16.5. The number of allylic oxidation sites excluding steroid dienone is 3. The molecule has 0 bridgehead atoms. The summed E-state index contributed by atoms with van der Waals surface area (Å²) in [5.74, 6) is -2.37. The van der Waals surface area contributed by atoms with Gasteiger partial charge in [0, 0.05) is 11.6 Å². The van der Waals surface area contributed by atoms with E-state index in [0.717, 1.165) is 18.9 Å². The van der Waals surface area contributed by atoms with Crippen LogP contribution < -0.4 is 9.04 Å². The van der Waals surface area contributed by atoms with Gasteiger partial charge in [-0.15, -0.1) is 0 Å². The van der Waals surface area contributed by atoms with Crippen LogP contribution in [0.3, 0.4) is 0 Å². The van der Waals surface area contributed by atoms with Crippen molar-refractivity contribution in [1.82, 2.24) is 0 Å². The number of halogens is 3. The number of hydrogen-bond acceptors (Lipinski definition) is 7. The molecule has 3 rings (SSSR count). The molecule has 0 N–H and O–H groups in total. The van der Waals surface area contributed by atoms with Crippen molar-refractivity contribution in [2.24, 2.45) is 0 Å². The Morgan fingerprint density at radius 2 is 1.80 bits per heavy atom. The highest BCUT2D eigenvalue weighted by molar-refractivity contribution is 7.93. The lowest BCUT2D eigenvalue weighted by Crippen LogP contribution is -2.54.